The van der Waals surface area contributed by atoms with E-state index in [1.54, 1.807) is 12.3 Å². The molecule has 0 fully saturated rings. The van der Waals surface area contributed by atoms with Gasteiger partial charge in [0.15, 0.2) is 5.13 Å². The average Bonchev–Trinajstić information content (AvgIpc) is 3.07. The number of hydrogen-bond donors (Lipinski definition) is 2. The maximum Gasteiger partial charge on any atom is 0.311 e. The Balaban J connectivity index is 2.15. The first kappa shape index (κ1) is 22.0. The zero-order valence-electron chi connectivity index (χ0n) is 14.9. The second-order valence-corrected chi connectivity index (χ2v) is 8.37. The van der Waals surface area contributed by atoms with E-state index in [9.17, 15) is 18.0 Å². The zero-order valence-corrected chi connectivity index (χ0v) is 17.3. The highest BCUT2D eigenvalue weighted by atomic mass is 35.5. The van der Waals surface area contributed by atoms with Gasteiger partial charge in [-0.25, -0.2) is 18.1 Å². The fraction of sp³-hybridized carbons (Fsp3) is 0.235. The monoisotopic (exact) mass is 443 g/mol. The van der Waals surface area contributed by atoms with E-state index in [0.29, 0.717) is 5.69 Å². The van der Waals surface area contributed by atoms with Gasteiger partial charge in [0, 0.05) is 17.5 Å². The number of amides is 1. The van der Waals surface area contributed by atoms with E-state index in [1.165, 1.54) is 24.3 Å². The molecule has 1 aromatic heterocycles. The van der Waals surface area contributed by atoms with E-state index in [0.717, 1.165) is 11.3 Å². The lowest BCUT2D eigenvalue weighted by atomic mass is 10.2. The fourth-order valence-corrected chi connectivity index (χ4v) is 4.30. The Labute approximate surface area is 171 Å². The summed E-state index contributed by atoms with van der Waals surface area (Å²) >= 11 is 7.11. The number of sulfonamides is 1. The standard InChI is InChI=1S/C17H18ClN3O5S2/c1-3-7-19-28(24,25)14-8-11(5-6-13(14)18)16(23)21-17-20-12(10-27-17)9-15(22)26-4-2/h3,5-6,8,10,19H,1,4,7,9H2,2H3,(H,20,21,23). The molecule has 0 saturated carbocycles. The molecule has 2 rings (SSSR count). The van der Waals surface area contributed by atoms with Crippen LogP contribution < -0.4 is 10.0 Å². The largest absolute Gasteiger partial charge is 0.466 e. The average molecular weight is 444 g/mol. The van der Waals surface area contributed by atoms with Crippen LogP contribution in [0.4, 0.5) is 5.13 Å². The van der Waals surface area contributed by atoms with E-state index < -0.39 is 21.9 Å². The Morgan fingerprint density at radius 3 is 2.82 bits per heavy atom. The smallest absolute Gasteiger partial charge is 0.311 e. The highest BCUT2D eigenvalue weighted by Gasteiger charge is 2.20. The number of halogens is 1. The van der Waals surface area contributed by atoms with E-state index in [2.05, 4.69) is 21.6 Å². The summed E-state index contributed by atoms with van der Waals surface area (Å²) in [4.78, 5) is 27.8. The number of benzene rings is 1. The molecular weight excluding hydrogens is 426 g/mol. The molecule has 0 aliphatic rings. The van der Waals surface area contributed by atoms with Crippen LogP contribution in [-0.2, 0) is 26.0 Å². The lowest BCUT2D eigenvalue weighted by Gasteiger charge is -2.09. The maximum atomic E-state index is 12.4. The summed E-state index contributed by atoms with van der Waals surface area (Å²) in [7, 11) is -3.89. The molecule has 0 radical (unpaired) electrons. The molecule has 0 bridgehead atoms. The number of hydrogen-bond acceptors (Lipinski definition) is 7. The third kappa shape index (κ3) is 5.86. The Bertz CT molecular complexity index is 988. The molecule has 8 nitrogen and oxygen atoms in total. The molecule has 1 amide bonds. The third-order valence-electron chi connectivity index (χ3n) is 3.30. The van der Waals surface area contributed by atoms with Gasteiger partial charge in [-0.1, -0.05) is 17.7 Å². The van der Waals surface area contributed by atoms with Crippen LogP contribution in [0.1, 0.15) is 23.0 Å². The normalized spacial score (nSPS) is 11.1. The molecule has 2 N–H and O–H groups in total. The van der Waals surface area contributed by atoms with Crippen LogP contribution in [0.5, 0.6) is 0 Å². The number of aromatic nitrogens is 1. The summed E-state index contributed by atoms with van der Waals surface area (Å²) < 4.78 is 31.7. The molecule has 28 heavy (non-hydrogen) atoms. The minimum Gasteiger partial charge on any atom is -0.466 e. The molecule has 0 aliphatic carbocycles. The lowest BCUT2D eigenvalue weighted by Crippen LogP contribution is -2.24. The van der Waals surface area contributed by atoms with Crippen molar-refractivity contribution in [2.24, 2.45) is 0 Å². The summed E-state index contributed by atoms with van der Waals surface area (Å²) in [5, 5.41) is 4.45. The van der Waals surface area contributed by atoms with Crippen molar-refractivity contribution in [1.29, 1.82) is 0 Å². The van der Waals surface area contributed by atoms with E-state index in [4.69, 9.17) is 16.3 Å². The molecule has 0 unspecified atom stereocenters. The number of ether oxygens (including phenoxy) is 1. The van der Waals surface area contributed by atoms with Crippen molar-refractivity contribution < 1.29 is 22.7 Å². The van der Waals surface area contributed by atoms with Gasteiger partial charge in [-0.2, -0.15) is 0 Å². The van der Waals surface area contributed by atoms with Crippen molar-refractivity contribution >= 4 is 50.0 Å². The molecule has 0 atom stereocenters. The number of rotatable bonds is 9. The first-order chi connectivity index (χ1) is 13.3. The SMILES string of the molecule is C=CCNS(=O)(=O)c1cc(C(=O)Nc2nc(CC(=O)OCC)cs2)ccc1Cl. The first-order valence-electron chi connectivity index (χ1n) is 8.08. The molecule has 1 aromatic carbocycles. The second-order valence-electron chi connectivity index (χ2n) is 5.37. The van der Waals surface area contributed by atoms with Crippen LogP contribution in [-0.4, -0.2) is 38.4 Å². The Morgan fingerprint density at radius 2 is 2.14 bits per heavy atom. The molecule has 1 heterocycles. The van der Waals surface area contributed by atoms with Crippen molar-refractivity contribution in [2.45, 2.75) is 18.2 Å². The summed E-state index contributed by atoms with van der Waals surface area (Å²) in [5.41, 5.74) is 0.553. The summed E-state index contributed by atoms with van der Waals surface area (Å²) in [6, 6.07) is 3.90. The van der Waals surface area contributed by atoms with Crippen LogP contribution in [0.25, 0.3) is 0 Å². The topological polar surface area (TPSA) is 114 Å². The molecular formula is C17H18ClN3O5S2. The van der Waals surface area contributed by atoms with Crippen molar-refractivity contribution in [3.63, 3.8) is 0 Å². The number of carbonyl (C=O) groups excluding carboxylic acids is 2. The Kier molecular flexibility index (Phi) is 7.69. The van der Waals surface area contributed by atoms with E-state index >= 15 is 0 Å². The van der Waals surface area contributed by atoms with Gasteiger partial charge in [0.2, 0.25) is 10.0 Å². The Hall–Kier alpha value is -2.27. The first-order valence-corrected chi connectivity index (χ1v) is 10.8. The number of esters is 1. The molecule has 11 heteroatoms. The van der Waals surface area contributed by atoms with Gasteiger partial charge >= 0.3 is 5.97 Å². The van der Waals surface area contributed by atoms with Gasteiger partial charge in [0.1, 0.15) is 4.90 Å². The van der Waals surface area contributed by atoms with Crippen molar-refractivity contribution in [3.05, 3.63) is 52.5 Å². The molecule has 150 valence electrons. The number of carbonyl (C=O) groups is 2. The van der Waals surface area contributed by atoms with Crippen LogP contribution >= 0.6 is 22.9 Å². The predicted molar refractivity (Wildman–Crippen MR) is 107 cm³/mol. The number of thiazole rings is 1. The van der Waals surface area contributed by atoms with Gasteiger partial charge in [-0.15, -0.1) is 17.9 Å². The molecule has 0 saturated heterocycles. The second kappa shape index (κ2) is 9.78. The van der Waals surface area contributed by atoms with Gasteiger partial charge in [-0.05, 0) is 25.1 Å². The molecule has 0 aliphatic heterocycles. The van der Waals surface area contributed by atoms with E-state index in [-0.39, 0.29) is 40.2 Å². The van der Waals surface area contributed by atoms with Crippen LogP contribution in [0.15, 0.2) is 41.1 Å². The lowest BCUT2D eigenvalue weighted by molar-refractivity contribution is -0.142. The summed E-state index contributed by atoms with van der Waals surface area (Å²) in [5.74, 6) is -0.973. The highest BCUT2D eigenvalue weighted by molar-refractivity contribution is 7.89. The van der Waals surface area contributed by atoms with Gasteiger partial charge < -0.3 is 4.74 Å². The molecule has 0 spiro atoms. The van der Waals surface area contributed by atoms with E-state index in [1.807, 2.05) is 0 Å². The molecule has 2 aromatic rings. The predicted octanol–water partition coefficient (Wildman–Crippen LogP) is 2.62. The summed E-state index contributed by atoms with van der Waals surface area (Å²) in [6.07, 6.45) is 1.39. The zero-order chi connectivity index (χ0) is 20.7. The van der Waals surface area contributed by atoms with Crippen LogP contribution in [0, 0.1) is 0 Å². The van der Waals surface area contributed by atoms with Crippen molar-refractivity contribution in [3.8, 4) is 0 Å². The van der Waals surface area contributed by atoms with Crippen molar-refractivity contribution in [2.75, 3.05) is 18.5 Å². The quantitative estimate of drug-likeness (QED) is 0.454. The van der Waals surface area contributed by atoms with Gasteiger partial charge in [-0.3, -0.25) is 14.9 Å². The fourth-order valence-electron chi connectivity index (χ4n) is 2.07. The third-order valence-corrected chi connectivity index (χ3v) is 6.02. The van der Waals surface area contributed by atoms with Crippen molar-refractivity contribution in [1.82, 2.24) is 9.71 Å². The van der Waals surface area contributed by atoms with Crippen LogP contribution in [0.2, 0.25) is 5.02 Å². The highest BCUT2D eigenvalue weighted by Crippen LogP contribution is 2.24. The minimum absolute atomic E-state index is 0.00147. The maximum absolute atomic E-state index is 12.4. The number of nitrogens with zero attached hydrogens (tertiary/aromatic N) is 1. The number of anilines is 1. The van der Waals surface area contributed by atoms with Crippen LogP contribution in [0.3, 0.4) is 0 Å². The summed E-state index contributed by atoms with van der Waals surface area (Å²) in [6.45, 7) is 5.45. The van der Waals surface area contributed by atoms with Gasteiger partial charge in [0.05, 0.1) is 23.7 Å². The van der Waals surface area contributed by atoms with Gasteiger partial charge in [0.25, 0.3) is 5.91 Å². The Morgan fingerprint density at radius 1 is 1.39 bits per heavy atom. The number of nitrogens with one attached hydrogen (secondary N) is 2. The minimum atomic E-state index is -3.89.